The quantitative estimate of drug-likeness (QED) is 0.520. The van der Waals surface area contributed by atoms with E-state index in [1.165, 1.54) is 0 Å². The Hall–Kier alpha value is -3.36. The van der Waals surface area contributed by atoms with Crippen molar-refractivity contribution in [2.24, 2.45) is 0 Å². The van der Waals surface area contributed by atoms with Gasteiger partial charge in [-0.05, 0) is 36.2 Å². The van der Waals surface area contributed by atoms with Crippen molar-refractivity contribution in [3.8, 4) is 17.2 Å². The number of anilines is 2. The van der Waals surface area contributed by atoms with E-state index in [2.05, 4.69) is 15.6 Å². The van der Waals surface area contributed by atoms with Crippen LogP contribution in [0.5, 0.6) is 0 Å². The Kier molecular flexibility index (Phi) is 6.83. The first-order chi connectivity index (χ1) is 14.1. The highest BCUT2D eigenvalue weighted by Crippen LogP contribution is 2.29. The Bertz CT molecular complexity index is 1030. The monoisotopic (exact) mass is 404 g/mol. The van der Waals surface area contributed by atoms with Crippen LogP contribution >= 0.6 is 11.6 Å². The van der Waals surface area contributed by atoms with Crippen LogP contribution in [0.25, 0.3) is 11.1 Å². The van der Waals surface area contributed by atoms with Gasteiger partial charge in [0, 0.05) is 29.6 Å². The maximum absolute atomic E-state index is 12.0. The number of hydrogen-bond acceptors (Lipinski definition) is 4. The SMILES string of the molecule is CC(Nc1ncccc1NC(=O)CCC#N)c1ccc(-c2ccccc2Cl)cc1. The van der Waals surface area contributed by atoms with Gasteiger partial charge >= 0.3 is 0 Å². The minimum absolute atomic E-state index is 0.0278. The molecule has 5 nitrogen and oxygen atoms in total. The molecule has 1 aromatic heterocycles. The van der Waals surface area contributed by atoms with Crippen LogP contribution in [0.1, 0.15) is 31.4 Å². The summed E-state index contributed by atoms with van der Waals surface area (Å²) >= 11 is 6.29. The van der Waals surface area contributed by atoms with E-state index in [4.69, 9.17) is 16.9 Å². The molecule has 0 aliphatic carbocycles. The Morgan fingerprint density at radius 3 is 2.62 bits per heavy atom. The van der Waals surface area contributed by atoms with Crippen LogP contribution in [0.2, 0.25) is 5.02 Å². The van der Waals surface area contributed by atoms with Gasteiger partial charge in [0.1, 0.15) is 5.82 Å². The fourth-order valence-electron chi connectivity index (χ4n) is 2.94. The molecule has 3 aromatic rings. The van der Waals surface area contributed by atoms with Gasteiger partial charge in [-0.1, -0.05) is 54.1 Å². The normalized spacial score (nSPS) is 11.3. The molecule has 29 heavy (non-hydrogen) atoms. The molecular weight excluding hydrogens is 384 g/mol. The largest absolute Gasteiger partial charge is 0.362 e. The maximum Gasteiger partial charge on any atom is 0.225 e. The van der Waals surface area contributed by atoms with Crippen LogP contribution < -0.4 is 10.6 Å². The molecule has 1 unspecified atom stereocenters. The third kappa shape index (κ3) is 5.34. The smallest absolute Gasteiger partial charge is 0.225 e. The first-order valence-electron chi connectivity index (χ1n) is 9.31. The zero-order valence-corrected chi connectivity index (χ0v) is 16.8. The van der Waals surface area contributed by atoms with Crippen LogP contribution in [0.15, 0.2) is 66.9 Å². The van der Waals surface area contributed by atoms with E-state index in [-0.39, 0.29) is 24.8 Å². The summed E-state index contributed by atoms with van der Waals surface area (Å²) in [6.45, 7) is 2.03. The van der Waals surface area contributed by atoms with Crippen molar-refractivity contribution in [1.82, 2.24) is 4.98 Å². The number of aromatic nitrogens is 1. The fraction of sp³-hybridized carbons (Fsp3) is 0.174. The van der Waals surface area contributed by atoms with E-state index >= 15 is 0 Å². The minimum atomic E-state index is -0.209. The molecule has 6 heteroatoms. The number of carbonyl (C=O) groups excluding carboxylic acids is 1. The minimum Gasteiger partial charge on any atom is -0.362 e. The average Bonchev–Trinajstić information content (AvgIpc) is 2.74. The van der Waals surface area contributed by atoms with Crippen LogP contribution in [-0.4, -0.2) is 10.9 Å². The molecule has 2 N–H and O–H groups in total. The van der Waals surface area contributed by atoms with Crippen LogP contribution in [0.3, 0.4) is 0 Å². The molecule has 0 radical (unpaired) electrons. The molecule has 0 bridgehead atoms. The summed E-state index contributed by atoms with van der Waals surface area (Å²) in [5.41, 5.74) is 3.71. The van der Waals surface area contributed by atoms with Crippen molar-refractivity contribution in [3.63, 3.8) is 0 Å². The summed E-state index contributed by atoms with van der Waals surface area (Å²) in [6.07, 6.45) is 2.01. The highest BCUT2D eigenvalue weighted by molar-refractivity contribution is 6.33. The standard InChI is InChI=1S/C23H21ClN4O/c1-16(17-10-12-18(13-11-17)19-6-2-3-7-20(19)24)27-23-21(8-5-15-26-23)28-22(29)9-4-14-25/h2-3,5-8,10-13,15-16H,4,9H2,1H3,(H,26,27)(H,28,29). The lowest BCUT2D eigenvalue weighted by molar-refractivity contribution is -0.116. The molecule has 0 aliphatic rings. The molecule has 0 saturated carbocycles. The van der Waals surface area contributed by atoms with Gasteiger partial charge < -0.3 is 10.6 Å². The summed E-state index contributed by atoms with van der Waals surface area (Å²) in [4.78, 5) is 16.3. The Balaban J connectivity index is 1.72. The van der Waals surface area contributed by atoms with Crippen molar-refractivity contribution in [2.45, 2.75) is 25.8 Å². The lowest BCUT2D eigenvalue weighted by Crippen LogP contribution is -2.15. The lowest BCUT2D eigenvalue weighted by atomic mass is 10.0. The lowest BCUT2D eigenvalue weighted by Gasteiger charge is -2.18. The van der Waals surface area contributed by atoms with Gasteiger partial charge in [0.2, 0.25) is 5.91 Å². The van der Waals surface area contributed by atoms with E-state index in [1.807, 2.05) is 61.5 Å². The summed E-state index contributed by atoms with van der Waals surface area (Å²) in [6, 6.07) is 21.4. The summed E-state index contributed by atoms with van der Waals surface area (Å²) in [5.74, 6) is 0.375. The summed E-state index contributed by atoms with van der Waals surface area (Å²) in [5, 5.41) is 15.5. The molecule has 1 atom stereocenters. The number of benzene rings is 2. The molecule has 0 saturated heterocycles. The van der Waals surface area contributed by atoms with Crippen molar-refractivity contribution in [3.05, 3.63) is 77.4 Å². The second kappa shape index (κ2) is 9.72. The highest BCUT2D eigenvalue weighted by Gasteiger charge is 2.12. The number of nitriles is 1. The molecule has 0 spiro atoms. The predicted octanol–water partition coefficient (Wildman–Crippen LogP) is 5.82. The number of rotatable bonds is 7. The van der Waals surface area contributed by atoms with E-state index < -0.39 is 0 Å². The van der Waals surface area contributed by atoms with Gasteiger partial charge in [-0.25, -0.2) is 4.98 Å². The first-order valence-corrected chi connectivity index (χ1v) is 9.69. The Labute approximate surface area is 175 Å². The molecule has 3 rings (SSSR count). The van der Waals surface area contributed by atoms with Gasteiger partial charge in [-0.15, -0.1) is 0 Å². The zero-order valence-electron chi connectivity index (χ0n) is 16.0. The van der Waals surface area contributed by atoms with Gasteiger partial charge in [0.05, 0.1) is 17.8 Å². The van der Waals surface area contributed by atoms with Crippen molar-refractivity contribution in [1.29, 1.82) is 5.26 Å². The number of nitrogens with zero attached hydrogens (tertiary/aromatic N) is 2. The number of carbonyl (C=O) groups is 1. The van der Waals surface area contributed by atoms with Crippen LogP contribution in [-0.2, 0) is 4.79 Å². The topological polar surface area (TPSA) is 77.8 Å². The van der Waals surface area contributed by atoms with Crippen molar-refractivity contribution < 1.29 is 4.79 Å². The molecule has 146 valence electrons. The second-order valence-corrected chi connectivity index (χ2v) is 6.98. The van der Waals surface area contributed by atoms with Crippen LogP contribution in [0, 0.1) is 11.3 Å². The summed E-state index contributed by atoms with van der Waals surface area (Å²) < 4.78 is 0. The van der Waals surface area contributed by atoms with Crippen LogP contribution in [0.4, 0.5) is 11.5 Å². The van der Waals surface area contributed by atoms with E-state index in [0.717, 1.165) is 21.7 Å². The summed E-state index contributed by atoms with van der Waals surface area (Å²) in [7, 11) is 0. The molecule has 0 fully saturated rings. The van der Waals surface area contributed by atoms with Gasteiger partial charge in [-0.3, -0.25) is 4.79 Å². The predicted molar refractivity (Wildman–Crippen MR) is 117 cm³/mol. The van der Waals surface area contributed by atoms with Gasteiger partial charge in [0.25, 0.3) is 0 Å². The Morgan fingerprint density at radius 2 is 1.90 bits per heavy atom. The number of hydrogen-bond donors (Lipinski definition) is 2. The third-order valence-corrected chi connectivity index (χ3v) is 4.82. The highest BCUT2D eigenvalue weighted by atomic mass is 35.5. The number of halogens is 1. The second-order valence-electron chi connectivity index (χ2n) is 6.57. The fourth-order valence-corrected chi connectivity index (χ4v) is 3.18. The van der Waals surface area contributed by atoms with E-state index in [0.29, 0.717) is 11.5 Å². The number of amides is 1. The average molecular weight is 405 g/mol. The van der Waals surface area contributed by atoms with Gasteiger partial charge in [0.15, 0.2) is 0 Å². The van der Waals surface area contributed by atoms with E-state index in [1.54, 1.807) is 18.3 Å². The third-order valence-electron chi connectivity index (χ3n) is 4.49. The van der Waals surface area contributed by atoms with Crippen molar-refractivity contribution in [2.75, 3.05) is 10.6 Å². The zero-order chi connectivity index (χ0) is 20.6. The maximum atomic E-state index is 12.0. The molecular formula is C23H21ClN4O. The molecule has 1 amide bonds. The van der Waals surface area contributed by atoms with Crippen molar-refractivity contribution >= 4 is 29.0 Å². The molecule has 1 heterocycles. The van der Waals surface area contributed by atoms with Gasteiger partial charge in [-0.2, -0.15) is 5.26 Å². The molecule has 2 aromatic carbocycles. The van der Waals surface area contributed by atoms with E-state index in [9.17, 15) is 4.79 Å². The number of pyridine rings is 1. The molecule has 0 aliphatic heterocycles. The first kappa shape index (κ1) is 20.4. The number of nitrogens with one attached hydrogen (secondary N) is 2. The Morgan fingerprint density at radius 1 is 1.14 bits per heavy atom.